The van der Waals surface area contributed by atoms with Crippen molar-refractivity contribution < 1.29 is 24.2 Å². The number of aliphatic carboxylic acids is 1. The number of carboxylic acid groups (broad SMARTS) is 1. The van der Waals surface area contributed by atoms with Gasteiger partial charge >= 0.3 is 5.97 Å². The normalized spacial score (nSPS) is 30.2. The van der Waals surface area contributed by atoms with Crippen molar-refractivity contribution in [2.75, 3.05) is 19.7 Å². The molecule has 4 heterocycles. The third kappa shape index (κ3) is 4.04. The standard InChI is InChI=1S/C26H31N3O5/c1-17-19(13-27-16-28-17)24(32)29-11-5-9-26(14-29)12-20-23(33-15-26)18-6-3-4-7-21(18)34-25(20,2)10-8-22(30)31/h3-4,6-7,13,16,20,23H,5,8-12,14-15H2,1-2H3,(H,30,31)/t20-,23+,25-,26-/m1/s1. The number of aryl methyl sites for hydroxylation is 1. The van der Waals surface area contributed by atoms with Gasteiger partial charge in [-0.3, -0.25) is 9.59 Å². The first-order valence-corrected chi connectivity index (χ1v) is 12.0. The summed E-state index contributed by atoms with van der Waals surface area (Å²) in [4.78, 5) is 34.9. The molecule has 1 N–H and O–H groups in total. The number of fused-ring (bicyclic) bond motifs is 3. The molecule has 8 heteroatoms. The quantitative estimate of drug-likeness (QED) is 0.733. The van der Waals surface area contributed by atoms with Gasteiger partial charge in [-0.15, -0.1) is 0 Å². The molecule has 1 aromatic heterocycles. The number of carboxylic acids is 1. The SMILES string of the molecule is Cc1ncncc1C(=O)N1CCC[C@]2(CO[C@H]3c4ccccc4O[C@](C)(CCC(=O)O)[C@@H]3C2)C1. The molecule has 2 aromatic rings. The van der Waals surface area contributed by atoms with Crippen LogP contribution in [0.25, 0.3) is 0 Å². The number of nitrogens with zero attached hydrogens (tertiary/aromatic N) is 3. The topological polar surface area (TPSA) is 102 Å². The number of hydrogen-bond donors (Lipinski definition) is 1. The molecular weight excluding hydrogens is 434 g/mol. The van der Waals surface area contributed by atoms with Gasteiger partial charge in [0.1, 0.15) is 17.7 Å². The van der Waals surface area contributed by atoms with E-state index in [9.17, 15) is 14.7 Å². The van der Waals surface area contributed by atoms with E-state index in [0.29, 0.717) is 37.4 Å². The van der Waals surface area contributed by atoms with Crippen molar-refractivity contribution in [2.24, 2.45) is 11.3 Å². The van der Waals surface area contributed by atoms with Crippen LogP contribution in [0.4, 0.5) is 0 Å². The fourth-order valence-corrected chi connectivity index (χ4v) is 6.02. The molecule has 3 aliphatic heterocycles. The van der Waals surface area contributed by atoms with Crippen LogP contribution < -0.4 is 4.74 Å². The number of rotatable bonds is 4. The number of piperidine rings is 1. The van der Waals surface area contributed by atoms with Crippen molar-refractivity contribution >= 4 is 11.9 Å². The van der Waals surface area contributed by atoms with Gasteiger partial charge < -0.3 is 19.5 Å². The largest absolute Gasteiger partial charge is 0.487 e. The third-order valence-corrected chi connectivity index (χ3v) is 7.87. The number of hydrogen-bond acceptors (Lipinski definition) is 6. The van der Waals surface area contributed by atoms with Crippen LogP contribution in [0.2, 0.25) is 0 Å². The number of ether oxygens (including phenoxy) is 2. The lowest BCUT2D eigenvalue weighted by Gasteiger charge is -2.55. The van der Waals surface area contributed by atoms with Crippen molar-refractivity contribution in [3.8, 4) is 5.75 Å². The Kier molecular flexibility index (Phi) is 5.80. The van der Waals surface area contributed by atoms with Gasteiger partial charge in [-0.2, -0.15) is 0 Å². The lowest BCUT2D eigenvalue weighted by molar-refractivity contribution is -0.181. The Hall–Kier alpha value is -3.00. The Morgan fingerprint density at radius 3 is 2.91 bits per heavy atom. The van der Waals surface area contributed by atoms with Crippen molar-refractivity contribution in [1.82, 2.24) is 14.9 Å². The maximum absolute atomic E-state index is 13.3. The first-order valence-electron chi connectivity index (χ1n) is 12.0. The second-order valence-corrected chi connectivity index (χ2v) is 10.2. The van der Waals surface area contributed by atoms with E-state index in [0.717, 1.165) is 30.6 Å². The summed E-state index contributed by atoms with van der Waals surface area (Å²) in [6.45, 7) is 5.69. The Balaban J connectivity index is 1.42. The summed E-state index contributed by atoms with van der Waals surface area (Å²) in [7, 11) is 0. The molecule has 0 bridgehead atoms. The van der Waals surface area contributed by atoms with Gasteiger partial charge in [0.2, 0.25) is 0 Å². The van der Waals surface area contributed by atoms with Gasteiger partial charge in [0.15, 0.2) is 0 Å². The molecule has 1 amide bonds. The van der Waals surface area contributed by atoms with E-state index in [1.165, 1.54) is 6.33 Å². The molecule has 8 nitrogen and oxygen atoms in total. The number of para-hydroxylation sites is 1. The summed E-state index contributed by atoms with van der Waals surface area (Å²) >= 11 is 0. The van der Waals surface area contributed by atoms with Gasteiger partial charge in [-0.25, -0.2) is 9.97 Å². The minimum atomic E-state index is -0.832. The molecule has 0 radical (unpaired) electrons. The minimum absolute atomic E-state index is 0.00709. The van der Waals surface area contributed by atoms with Gasteiger partial charge in [0, 0.05) is 42.6 Å². The fourth-order valence-electron chi connectivity index (χ4n) is 6.02. The number of carbonyl (C=O) groups excluding carboxylic acids is 1. The van der Waals surface area contributed by atoms with Crippen LogP contribution in [-0.2, 0) is 9.53 Å². The summed E-state index contributed by atoms with van der Waals surface area (Å²) < 4.78 is 13.1. The van der Waals surface area contributed by atoms with E-state index in [1.54, 1.807) is 6.20 Å². The molecule has 0 saturated carbocycles. The summed E-state index contributed by atoms with van der Waals surface area (Å²) in [6, 6.07) is 7.89. The predicted octanol–water partition coefficient (Wildman–Crippen LogP) is 3.80. The zero-order chi connectivity index (χ0) is 23.9. The highest BCUT2D eigenvalue weighted by atomic mass is 16.5. The molecular formula is C26H31N3O5. The number of likely N-dealkylation sites (tertiary alicyclic amines) is 1. The van der Waals surface area contributed by atoms with Crippen molar-refractivity contribution in [2.45, 2.75) is 57.7 Å². The van der Waals surface area contributed by atoms with E-state index in [4.69, 9.17) is 9.47 Å². The number of aromatic nitrogens is 2. The third-order valence-electron chi connectivity index (χ3n) is 7.87. The minimum Gasteiger partial charge on any atom is -0.487 e. The highest BCUT2D eigenvalue weighted by Crippen LogP contribution is 2.56. The molecule has 34 heavy (non-hydrogen) atoms. The molecule has 0 aliphatic carbocycles. The highest BCUT2D eigenvalue weighted by molar-refractivity contribution is 5.95. The molecule has 2 saturated heterocycles. The molecule has 0 unspecified atom stereocenters. The number of benzene rings is 1. The molecule has 1 aromatic carbocycles. The summed E-state index contributed by atoms with van der Waals surface area (Å²) in [5.41, 5.74) is 1.38. The smallest absolute Gasteiger partial charge is 0.303 e. The van der Waals surface area contributed by atoms with Crippen LogP contribution >= 0.6 is 0 Å². The first kappa shape index (κ1) is 22.8. The number of carbonyl (C=O) groups is 2. The van der Waals surface area contributed by atoms with E-state index in [-0.39, 0.29) is 29.8 Å². The summed E-state index contributed by atoms with van der Waals surface area (Å²) in [5, 5.41) is 9.38. The van der Waals surface area contributed by atoms with Crippen LogP contribution in [0.3, 0.4) is 0 Å². The number of amides is 1. The Bertz CT molecular complexity index is 1110. The van der Waals surface area contributed by atoms with Crippen molar-refractivity contribution in [3.05, 3.63) is 53.6 Å². The lowest BCUT2D eigenvalue weighted by atomic mass is 9.64. The van der Waals surface area contributed by atoms with E-state index in [1.807, 2.05) is 43.0 Å². The Morgan fingerprint density at radius 1 is 1.29 bits per heavy atom. The van der Waals surface area contributed by atoms with Crippen LogP contribution in [0.15, 0.2) is 36.8 Å². The molecule has 4 atom stereocenters. The average Bonchev–Trinajstić information content (AvgIpc) is 2.83. The van der Waals surface area contributed by atoms with E-state index in [2.05, 4.69) is 9.97 Å². The Morgan fingerprint density at radius 2 is 2.12 bits per heavy atom. The summed E-state index contributed by atoms with van der Waals surface area (Å²) in [5.74, 6) is -0.111. The maximum Gasteiger partial charge on any atom is 0.303 e. The van der Waals surface area contributed by atoms with E-state index < -0.39 is 11.6 Å². The van der Waals surface area contributed by atoms with Crippen molar-refractivity contribution in [1.29, 1.82) is 0 Å². The van der Waals surface area contributed by atoms with Gasteiger partial charge in [-0.1, -0.05) is 18.2 Å². The van der Waals surface area contributed by atoms with Gasteiger partial charge in [0.25, 0.3) is 5.91 Å². The molecule has 3 aliphatic rings. The zero-order valence-corrected chi connectivity index (χ0v) is 19.7. The van der Waals surface area contributed by atoms with Crippen molar-refractivity contribution in [3.63, 3.8) is 0 Å². The molecule has 1 spiro atoms. The fraction of sp³-hybridized carbons (Fsp3) is 0.538. The monoisotopic (exact) mass is 465 g/mol. The second-order valence-electron chi connectivity index (χ2n) is 10.2. The molecule has 180 valence electrons. The van der Waals surface area contributed by atoms with Crippen LogP contribution in [0.1, 0.15) is 66.7 Å². The highest BCUT2D eigenvalue weighted by Gasteiger charge is 2.55. The van der Waals surface area contributed by atoms with Gasteiger partial charge in [-0.05, 0) is 45.6 Å². The van der Waals surface area contributed by atoms with E-state index >= 15 is 0 Å². The van der Waals surface area contributed by atoms with Crippen LogP contribution in [-0.4, -0.2) is 57.1 Å². The first-order chi connectivity index (χ1) is 16.3. The second kappa shape index (κ2) is 8.65. The summed E-state index contributed by atoms with van der Waals surface area (Å²) in [6.07, 6.45) is 6.00. The zero-order valence-electron chi connectivity index (χ0n) is 19.7. The average molecular weight is 466 g/mol. The Labute approximate surface area is 199 Å². The molecule has 5 rings (SSSR count). The van der Waals surface area contributed by atoms with Crippen LogP contribution in [0.5, 0.6) is 5.75 Å². The van der Waals surface area contributed by atoms with Crippen LogP contribution in [0, 0.1) is 18.3 Å². The molecule has 2 fully saturated rings. The van der Waals surface area contributed by atoms with Gasteiger partial charge in [0.05, 0.1) is 24.0 Å². The predicted molar refractivity (Wildman–Crippen MR) is 123 cm³/mol. The lowest BCUT2D eigenvalue weighted by Crippen LogP contribution is -2.57. The maximum atomic E-state index is 13.3.